The predicted molar refractivity (Wildman–Crippen MR) is 86.4 cm³/mol. The Bertz CT molecular complexity index is 576. The van der Waals surface area contributed by atoms with Crippen molar-refractivity contribution in [1.82, 2.24) is 0 Å². The molecule has 1 aliphatic rings. The van der Waals surface area contributed by atoms with E-state index in [4.69, 9.17) is 60.0 Å². The molecule has 0 bridgehead atoms. The topological polar surface area (TPSA) is 134 Å². The van der Waals surface area contributed by atoms with Crippen molar-refractivity contribution in [2.75, 3.05) is 0 Å². The van der Waals surface area contributed by atoms with Crippen LogP contribution < -0.4 is 0 Å². The Morgan fingerprint density at radius 2 is 1.71 bits per heavy atom. The van der Waals surface area contributed by atoms with Crippen molar-refractivity contribution in [2.24, 2.45) is 5.11 Å². The highest BCUT2D eigenvalue weighted by molar-refractivity contribution is 6.76. The molecule has 12 heteroatoms. The molecule has 0 saturated carbocycles. The van der Waals surface area contributed by atoms with Crippen molar-refractivity contribution in [3.05, 3.63) is 10.4 Å². The third-order valence-corrected chi connectivity index (χ3v) is 3.79. The van der Waals surface area contributed by atoms with Crippen LogP contribution in [0.5, 0.6) is 0 Å². The predicted octanol–water partition coefficient (Wildman–Crippen LogP) is 2.71. The van der Waals surface area contributed by atoms with Crippen LogP contribution in [0.3, 0.4) is 0 Å². The minimum absolute atomic E-state index is 0.512. The first kappa shape index (κ1) is 20.8. The van der Waals surface area contributed by atoms with Gasteiger partial charge in [0.2, 0.25) is 3.79 Å². The lowest BCUT2D eigenvalue weighted by Crippen LogP contribution is -2.62. The van der Waals surface area contributed by atoms with Gasteiger partial charge in [0.15, 0.2) is 12.2 Å². The van der Waals surface area contributed by atoms with Crippen LogP contribution in [0.25, 0.3) is 10.4 Å². The Kier molecular flexibility index (Phi) is 7.12. The van der Waals surface area contributed by atoms with Crippen LogP contribution in [0.1, 0.15) is 20.8 Å². The van der Waals surface area contributed by atoms with Crippen molar-refractivity contribution >= 4 is 52.5 Å². The van der Waals surface area contributed by atoms with Gasteiger partial charge in [-0.25, -0.2) is 0 Å². The summed E-state index contributed by atoms with van der Waals surface area (Å²) in [5.41, 5.74) is 8.20. The summed E-state index contributed by atoms with van der Waals surface area (Å²) in [5.74, 6) is -1.44. The number of carbonyl (C=O) groups is 2. The Labute approximate surface area is 152 Å². The third kappa shape index (κ3) is 5.12. The summed E-state index contributed by atoms with van der Waals surface area (Å²) >= 11 is 17.1. The summed E-state index contributed by atoms with van der Waals surface area (Å²) in [6.45, 7) is 3.77. The fraction of sp³-hybridized carbons (Fsp3) is 0.750. The highest BCUT2D eigenvalue weighted by Gasteiger charge is 2.52. The lowest BCUT2D eigenvalue weighted by molar-refractivity contribution is -0.198. The fourth-order valence-electron chi connectivity index (χ4n) is 2.28. The average Bonchev–Trinajstić information content (AvgIpc) is 2.42. The maximum absolute atomic E-state index is 11.4. The smallest absolute Gasteiger partial charge is 0.303 e. The van der Waals surface area contributed by atoms with E-state index in [1.165, 1.54) is 6.92 Å². The molecule has 1 heterocycles. The van der Waals surface area contributed by atoms with Crippen molar-refractivity contribution < 1.29 is 23.8 Å². The zero-order valence-corrected chi connectivity index (χ0v) is 15.2. The number of nitrogens with zero attached hydrogens (tertiary/aromatic N) is 3. The number of esters is 2. The van der Waals surface area contributed by atoms with E-state index >= 15 is 0 Å². The van der Waals surface area contributed by atoms with E-state index in [0.717, 1.165) is 13.8 Å². The van der Waals surface area contributed by atoms with Crippen LogP contribution in [-0.2, 0) is 23.8 Å². The summed E-state index contributed by atoms with van der Waals surface area (Å²) in [7, 11) is 0. The molecule has 0 radical (unpaired) electrons. The molecular weight excluding hydrogens is 387 g/mol. The largest absolute Gasteiger partial charge is 0.458 e. The normalized spacial score (nSPS) is 30.0. The molecule has 5 atom stereocenters. The van der Waals surface area contributed by atoms with Gasteiger partial charge in [0.05, 0.1) is 11.8 Å². The summed E-state index contributed by atoms with van der Waals surface area (Å²) in [6, 6.07) is -0.998. The SMILES string of the molecule is CC(=O)O[C@H]1[C@H](N=[N+]=[N-])[C@@H](C)OC(C(=N)C(Cl)(Cl)Cl)[C@@H]1OC(C)=O. The highest BCUT2D eigenvalue weighted by atomic mass is 35.6. The first-order chi connectivity index (χ1) is 11.0. The van der Waals surface area contributed by atoms with Gasteiger partial charge in [-0.05, 0) is 12.5 Å². The number of rotatable bonds is 4. The van der Waals surface area contributed by atoms with Crippen molar-refractivity contribution in [3.63, 3.8) is 0 Å². The molecule has 0 amide bonds. The molecule has 134 valence electrons. The van der Waals surface area contributed by atoms with Gasteiger partial charge in [-0.15, -0.1) is 0 Å². The Morgan fingerprint density at radius 1 is 1.21 bits per heavy atom. The van der Waals surface area contributed by atoms with E-state index in [1.54, 1.807) is 0 Å². The molecular formula is C12H15Cl3N4O5. The lowest BCUT2D eigenvalue weighted by atomic mass is 9.91. The second kappa shape index (κ2) is 8.22. The summed E-state index contributed by atoms with van der Waals surface area (Å²) in [6.07, 6.45) is -4.62. The minimum atomic E-state index is -2.13. The minimum Gasteiger partial charge on any atom is -0.458 e. The number of alkyl halides is 3. The number of ether oxygens (including phenoxy) is 3. The number of hydrogen-bond acceptors (Lipinski definition) is 7. The summed E-state index contributed by atoms with van der Waals surface area (Å²) < 4.78 is 13.7. The second-order valence-corrected chi connectivity index (χ2v) is 7.30. The molecule has 1 aliphatic heterocycles. The molecule has 1 saturated heterocycles. The number of carbonyl (C=O) groups excluding carboxylic acids is 2. The molecule has 0 aliphatic carbocycles. The standard InChI is InChI=1S/C12H15Cl3N4O5/c1-4-7(18-19-17)8(23-5(2)20)9(24-6(3)21)10(22-4)11(16)12(13,14)15/h4,7-10,16H,1-3H3/t4-,7-,8+,9-,10?/m1/s1. The van der Waals surface area contributed by atoms with Gasteiger partial charge in [0.1, 0.15) is 12.1 Å². The molecule has 1 N–H and O–H groups in total. The molecule has 0 aromatic heterocycles. The van der Waals surface area contributed by atoms with E-state index in [-0.39, 0.29) is 0 Å². The first-order valence-corrected chi connectivity index (χ1v) is 7.82. The molecule has 1 fully saturated rings. The molecule has 1 unspecified atom stereocenters. The van der Waals surface area contributed by atoms with Gasteiger partial charge in [-0.1, -0.05) is 39.9 Å². The first-order valence-electron chi connectivity index (χ1n) is 6.68. The number of nitrogens with one attached hydrogen (secondary N) is 1. The van der Waals surface area contributed by atoms with Gasteiger partial charge in [-0.2, -0.15) is 0 Å². The maximum atomic E-state index is 11.4. The van der Waals surface area contributed by atoms with Crippen LogP contribution >= 0.6 is 34.8 Å². The van der Waals surface area contributed by atoms with E-state index in [0.29, 0.717) is 0 Å². The van der Waals surface area contributed by atoms with Crippen LogP contribution in [0.15, 0.2) is 5.11 Å². The van der Waals surface area contributed by atoms with Crippen LogP contribution in [0, 0.1) is 5.41 Å². The summed E-state index contributed by atoms with van der Waals surface area (Å²) in [4.78, 5) is 25.5. The van der Waals surface area contributed by atoms with Gasteiger partial charge < -0.3 is 19.6 Å². The monoisotopic (exact) mass is 400 g/mol. The number of halogens is 3. The van der Waals surface area contributed by atoms with E-state index in [1.807, 2.05) is 0 Å². The van der Waals surface area contributed by atoms with Gasteiger partial charge >= 0.3 is 11.9 Å². The number of azide groups is 1. The van der Waals surface area contributed by atoms with Crippen molar-refractivity contribution in [3.8, 4) is 0 Å². The van der Waals surface area contributed by atoms with Crippen LogP contribution in [0.4, 0.5) is 0 Å². The zero-order chi connectivity index (χ0) is 18.7. The lowest BCUT2D eigenvalue weighted by Gasteiger charge is -2.43. The Balaban J connectivity index is 3.34. The van der Waals surface area contributed by atoms with E-state index < -0.39 is 51.9 Å². The van der Waals surface area contributed by atoms with Crippen molar-refractivity contribution in [1.29, 1.82) is 5.41 Å². The Morgan fingerprint density at radius 3 is 2.12 bits per heavy atom. The quantitative estimate of drug-likeness (QED) is 0.193. The molecule has 0 aromatic carbocycles. The van der Waals surface area contributed by atoms with E-state index in [9.17, 15) is 9.59 Å². The third-order valence-electron chi connectivity index (χ3n) is 3.18. The maximum Gasteiger partial charge on any atom is 0.303 e. The highest BCUT2D eigenvalue weighted by Crippen LogP contribution is 2.36. The molecule has 1 rings (SSSR count). The molecule has 24 heavy (non-hydrogen) atoms. The molecule has 0 aromatic rings. The second-order valence-electron chi connectivity index (χ2n) is 5.02. The van der Waals surface area contributed by atoms with Crippen LogP contribution in [-0.4, -0.2) is 51.9 Å². The average molecular weight is 402 g/mol. The molecule has 9 nitrogen and oxygen atoms in total. The fourth-order valence-corrected chi connectivity index (χ4v) is 2.61. The van der Waals surface area contributed by atoms with Crippen LogP contribution in [0.2, 0.25) is 0 Å². The number of hydrogen-bond donors (Lipinski definition) is 1. The van der Waals surface area contributed by atoms with E-state index in [2.05, 4.69) is 10.0 Å². The Hall–Kier alpha value is -1.25. The van der Waals surface area contributed by atoms with Gasteiger partial charge in [-0.3, -0.25) is 9.59 Å². The van der Waals surface area contributed by atoms with Gasteiger partial charge in [0, 0.05) is 18.8 Å². The zero-order valence-electron chi connectivity index (χ0n) is 12.9. The molecule has 0 spiro atoms. The van der Waals surface area contributed by atoms with Crippen molar-refractivity contribution in [2.45, 2.75) is 55.0 Å². The summed E-state index contributed by atoms with van der Waals surface area (Å²) in [5, 5.41) is 11.5. The van der Waals surface area contributed by atoms with Gasteiger partial charge in [0.25, 0.3) is 0 Å².